The number of hydrogen-bond acceptors (Lipinski definition) is 3. The van der Waals surface area contributed by atoms with Crippen molar-refractivity contribution in [1.29, 1.82) is 0 Å². The van der Waals surface area contributed by atoms with Crippen LogP contribution in [0.4, 0.5) is 65.9 Å². The number of ether oxygens (including phenoxy) is 1. The minimum Gasteiger partial charge on any atom is -0.463 e. The van der Waals surface area contributed by atoms with Gasteiger partial charge in [0.05, 0.1) is 13.0 Å². The van der Waals surface area contributed by atoms with Crippen LogP contribution in [0.2, 0.25) is 0 Å². The van der Waals surface area contributed by atoms with Gasteiger partial charge in [-0.2, -0.15) is 65.9 Å². The number of halogens is 15. The topological polar surface area (TPSA) is 46.5 Å². The summed E-state index contributed by atoms with van der Waals surface area (Å²) in [5, 5.41) is 8.45. The van der Waals surface area contributed by atoms with Crippen LogP contribution in [0, 0.1) is 0 Å². The van der Waals surface area contributed by atoms with Crippen LogP contribution in [0.25, 0.3) is 0 Å². The molecule has 0 aliphatic heterocycles. The lowest BCUT2D eigenvalue weighted by Crippen LogP contribution is -2.63. The van der Waals surface area contributed by atoms with E-state index in [0.717, 1.165) is 0 Å². The van der Waals surface area contributed by atoms with E-state index in [1.807, 2.05) is 0 Å². The van der Waals surface area contributed by atoms with Crippen LogP contribution < -0.4 is 0 Å². The van der Waals surface area contributed by atoms with Gasteiger partial charge in [-0.05, 0) is 0 Å². The van der Waals surface area contributed by atoms with Crippen LogP contribution >= 0.6 is 0 Å². The second-order valence-corrected chi connectivity index (χ2v) is 4.94. The summed E-state index contributed by atoms with van der Waals surface area (Å²) in [5.74, 6) is -24.8. The Hall–Kier alpha value is -1.62. The second kappa shape index (κ2) is 7.01. The number of rotatable bonds is 6. The van der Waals surface area contributed by atoms with Crippen molar-refractivity contribution in [3.63, 3.8) is 0 Å². The molecular formula is C10H5F15O3. The molecule has 18 heteroatoms. The highest BCUT2D eigenvalue weighted by Gasteiger charge is 2.81. The van der Waals surface area contributed by atoms with Gasteiger partial charge in [-0.1, -0.05) is 0 Å². The number of esters is 1. The average Bonchev–Trinajstić information content (AvgIpc) is 2.41. The van der Waals surface area contributed by atoms with Crippen LogP contribution in [-0.2, 0) is 9.53 Å². The molecule has 0 unspecified atom stereocenters. The van der Waals surface area contributed by atoms with Gasteiger partial charge in [-0.25, -0.2) is 4.79 Å². The predicted molar refractivity (Wildman–Crippen MR) is 53.5 cm³/mol. The van der Waals surface area contributed by atoms with Gasteiger partial charge in [0.2, 0.25) is 0 Å². The summed E-state index contributed by atoms with van der Waals surface area (Å²) < 4.78 is 188. The summed E-state index contributed by atoms with van der Waals surface area (Å²) in [6, 6.07) is 0. The molecule has 0 bridgehead atoms. The maximum absolute atomic E-state index is 13.0. The fraction of sp³-hybridized carbons (Fsp3) is 0.900. The third kappa shape index (κ3) is 4.19. The molecule has 0 fully saturated rings. The zero-order valence-corrected chi connectivity index (χ0v) is 12.3. The Kier molecular flexibility index (Phi) is 6.61. The monoisotopic (exact) mass is 458 g/mol. The van der Waals surface area contributed by atoms with Gasteiger partial charge in [0.1, 0.15) is 0 Å². The molecule has 0 amide bonds. The lowest BCUT2D eigenvalue weighted by atomic mass is 10.0. The highest BCUT2D eigenvalue weighted by atomic mass is 19.4. The standard InChI is InChI=1S/C10H5F15O3/c11-4(12,6(13,14)7(15,16)10(23,24)25)1-2-28-3(26)5(27,8(17,18)19)9(20,21)22/h27H,1-2H2. The minimum absolute atomic E-state index is 2.62. The summed E-state index contributed by atoms with van der Waals surface area (Å²) in [4.78, 5) is 10.8. The van der Waals surface area contributed by atoms with Crippen LogP contribution in [0.3, 0.4) is 0 Å². The lowest BCUT2D eigenvalue weighted by Gasteiger charge is -2.34. The number of carbonyl (C=O) groups is 1. The highest BCUT2D eigenvalue weighted by molar-refractivity contribution is 5.81. The molecule has 0 rings (SSSR count). The van der Waals surface area contributed by atoms with Crippen molar-refractivity contribution < 1.29 is 80.5 Å². The van der Waals surface area contributed by atoms with E-state index >= 15 is 0 Å². The molecule has 0 atom stereocenters. The van der Waals surface area contributed by atoms with Gasteiger partial charge in [-0.15, -0.1) is 0 Å². The highest BCUT2D eigenvalue weighted by Crippen LogP contribution is 2.54. The van der Waals surface area contributed by atoms with Gasteiger partial charge in [0.15, 0.2) is 0 Å². The number of carbonyl (C=O) groups excluding carboxylic acids is 1. The van der Waals surface area contributed by atoms with Gasteiger partial charge in [0, 0.05) is 0 Å². The third-order valence-corrected chi connectivity index (χ3v) is 2.97. The molecule has 0 spiro atoms. The zero-order valence-electron chi connectivity index (χ0n) is 12.3. The molecule has 28 heavy (non-hydrogen) atoms. The molecule has 1 N–H and O–H groups in total. The van der Waals surface area contributed by atoms with E-state index in [-0.39, 0.29) is 0 Å². The number of alkyl halides is 15. The first kappa shape index (κ1) is 26.4. The van der Waals surface area contributed by atoms with Gasteiger partial charge in [0.25, 0.3) is 0 Å². The van der Waals surface area contributed by atoms with Crippen molar-refractivity contribution in [2.45, 2.75) is 48.3 Å². The molecule has 3 nitrogen and oxygen atoms in total. The summed E-state index contributed by atoms with van der Waals surface area (Å²) in [7, 11) is 0. The van der Waals surface area contributed by atoms with Gasteiger partial charge >= 0.3 is 47.9 Å². The van der Waals surface area contributed by atoms with E-state index in [1.54, 1.807) is 0 Å². The van der Waals surface area contributed by atoms with Crippen molar-refractivity contribution in [2.24, 2.45) is 0 Å². The Balaban J connectivity index is 5.49. The Morgan fingerprint density at radius 3 is 1.29 bits per heavy atom. The average molecular weight is 458 g/mol. The van der Waals surface area contributed by atoms with Crippen LogP contribution in [0.1, 0.15) is 6.42 Å². The van der Waals surface area contributed by atoms with Gasteiger partial charge in [-0.3, -0.25) is 0 Å². The zero-order chi connectivity index (χ0) is 23.2. The molecular weight excluding hydrogens is 453 g/mol. The predicted octanol–water partition coefficient (Wildman–Crippen LogP) is 4.24. The minimum atomic E-state index is -7.37. The number of aliphatic hydroxyl groups is 1. The molecule has 0 radical (unpaired) electrons. The summed E-state index contributed by atoms with van der Waals surface area (Å²) in [6.07, 6.45) is -24.0. The first-order valence-electron chi connectivity index (χ1n) is 6.11. The van der Waals surface area contributed by atoms with Crippen molar-refractivity contribution in [1.82, 2.24) is 0 Å². The van der Waals surface area contributed by atoms with Crippen LogP contribution in [0.15, 0.2) is 0 Å². The normalized spacial score (nSPS) is 15.6. The van der Waals surface area contributed by atoms with Crippen LogP contribution in [-0.4, -0.2) is 59.6 Å². The molecule has 0 saturated heterocycles. The Bertz CT molecular complexity index is 556. The SMILES string of the molecule is O=C(OCCC(F)(F)C(F)(F)C(F)(F)C(F)(F)F)C(O)(C(F)(F)F)C(F)(F)F. The molecule has 0 aromatic rings. The number of hydrogen-bond donors (Lipinski definition) is 1. The van der Waals surface area contributed by atoms with E-state index in [0.29, 0.717) is 0 Å². The van der Waals surface area contributed by atoms with Crippen molar-refractivity contribution in [3.05, 3.63) is 0 Å². The summed E-state index contributed by atoms with van der Waals surface area (Å²) in [6.45, 7) is -2.62. The van der Waals surface area contributed by atoms with E-state index < -0.39 is 60.9 Å². The van der Waals surface area contributed by atoms with E-state index in [4.69, 9.17) is 5.11 Å². The first-order valence-corrected chi connectivity index (χ1v) is 6.11. The van der Waals surface area contributed by atoms with Crippen molar-refractivity contribution in [3.8, 4) is 0 Å². The van der Waals surface area contributed by atoms with Crippen molar-refractivity contribution >= 4 is 5.97 Å². The summed E-state index contributed by atoms with van der Waals surface area (Å²) in [5.41, 5.74) is -6.31. The largest absolute Gasteiger partial charge is 0.463 e. The van der Waals surface area contributed by atoms with Crippen molar-refractivity contribution in [2.75, 3.05) is 6.61 Å². The van der Waals surface area contributed by atoms with Crippen LogP contribution in [0.5, 0.6) is 0 Å². The maximum Gasteiger partial charge on any atom is 0.460 e. The van der Waals surface area contributed by atoms with E-state index in [2.05, 4.69) is 4.74 Å². The quantitative estimate of drug-likeness (QED) is 0.479. The Labute approximate surface area is 143 Å². The van der Waals surface area contributed by atoms with E-state index in [1.165, 1.54) is 0 Å². The molecule has 0 saturated carbocycles. The second-order valence-electron chi connectivity index (χ2n) is 4.94. The van der Waals surface area contributed by atoms with Gasteiger partial charge < -0.3 is 9.84 Å². The van der Waals surface area contributed by atoms with E-state index in [9.17, 15) is 70.7 Å². The third-order valence-electron chi connectivity index (χ3n) is 2.97. The molecule has 0 aromatic heterocycles. The Morgan fingerprint density at radius 2 is 1.00 bits per heavy atom. The molecule has 0 aliphatic rings. The Morgan fingerprint density at radius 1 is 0.643 bits per heavy atom. The molecule has 0 heterocycles. The first-order chi connectivity index (χ1) is 11.9. The molecule has 0 aromatic carbocycles. The smallest absolute Gasteiger partial charge is 0.460 e. The fourth-order valence-electron chi connectivity index (χ4n) is 1.33. The molecule has 0 aliphatic carbocycles. The lowest BCUT2D eigenvalue weighted by molar-refractivity contribution is -0.397. The fourth-order valence-corrected chi connectivity index (χ4v) is 1.33. The molecule has 168 valence electrons. The summed E-state index contributed by atoms with van der Waals surface area (Å²) >= 11 is 0. The maximum atomic E-state index is 13.0.